The predicted octanol–water partition coefficient (Wildman–Crippen LogP) is 1.24. The van der Waals surface area contributed by atoms with Gasteiger partial charge in [-0.2, -0.15) is 0 Å². The second kappa shape index (κ2) is 6.72. The highest BCUT2D eigenvalue weighted by atomic mass is 32.2. The number of rotatable bonds is 7. The van der Waals surface area contributed by atoms with Crippen LogP contribution in [0.3, 0.4) is 0 Å². The quantitative estimate of drug-likeness (QED) is 0.783. The number of benzene rings is 1. The molecule has 0 spiro atoms. The SMILES string of the molecule is CC(C)OCCS(=O)(=O)NCc1ccccc1O. The lowest BCUT2D eigenvalue weighted by molar-refractivity contribution is 0.0911. The fourth-order valence-electron chi connectivity index (χ4n) is 1.31. The molecule has 6 heteroatoms. The highest BCUT2D eigenvalue weighted by molar-refractivity contribution is 7.89. The van der Waals surface area contributed by atoms with Gasteiger partial charge in [-0.1, -0.05) is 18.2 Å². The summed E-state index contributed by atoms with van der Waals surface area (Å²) in [7, 11) is -3.38. The molecule has 1 rings (SSSR count). The van der Waals surface area contributed by atoms with Gasteiger partial charge in [-0.15, -0.1) is 0 Å². The van der Waals surface area contributed by atoms with Crippen LogP contribution in [-0.2, 0) is 21.3 Å². The van der Waals surface area contributed by atoms with Gasteiger partial charge in [0, 0.05) is 12.1 Å². The summed E-state index contributed by atoms with van der Waals surface area (Å²) in [5, 5.41) is 9.50. The maximum Gasteiger partial charge on any atom is 0.214 e. The van der Waals surface area contributed by atoms with E-state index in [4.69, 9.17) is 4.74 Å². The fraction of sp³-hybridized carbons (Fsp3) is 0.500. The average molecular weight is 273 g/mol. The molecule has 102 valence electrons. The van der Waals surface area contributed by atoms with Crippen LogP contribution >= 0.6 is 0 Å². The molecule has 0 radical (unpaired) electrons. The molecule has 0 fully saturated rings. The van der Waals surface area contributed by atoms with Gasteiger partial charge in [-0.05, 0) is 19.9 Å². The molecule has 0 aliphatic rings. The first-order chi connectivity index (χ1) is 8.41. The van der Waals surface area contributed by atoms with Crippen LogP contribution < -0.4 is 4.72 Å². The molecule has 0 bridgehead atoms. The molecule has 0 saturated heterocycles. The molecule has 1 aromatic rings. The Morgan fingerprint density at radius 1 is 1.33 bits per heavy atom. The van der Waals surface area contributed by atoms with Crippen molar-refractivity contribution in [1.29, 1.82) is 0 Å². The molecule has 0 unspecified atom stereocenters. The number of hydrogen-bond donors (Lipinski definition) is 2. The lowest BCUT2D eigenvalue weighted by atomic mass is 10.2. The summed E-state index contributed by atoms with van der Waals surface area (Å²) in [6.07, 6.45) is 0.0124. The summed E-state index contributed by atoms with van der Waals surface area (Å²) in [5.74, 6) is -0.00248. The summed E-state index contributed by atoms with van der Waals surface area (Å²) in [5.41, 5.74) is 0.547. The van der Waals surface area contributed by atoms with Crippen molar-refractivity contribution in [2.24, 2.45) is 0 Å². The van der Waals surface area contributed by atoms with Crippen LogP contribution in [0.5, 0.6) is 5.75 Å². The largest absolute Gasteiger partial charge is 0.508 e. The van der Waals surface area contributed by atoms with E-state index in [-0.39, 0.29) is 30.8 Å². The van der Waals surface area contributed by atoms with Crippen molar-refractivity contribution < 1.29 is 18.3 Å². The van der Waals surface area contributed by atoms with Crippen LogP contribution in [-0.4, -0.2) is 32.0 Å². The molecule has 0 saturated carbocycles. The minimum Gasteiger partial charge on any atom is -0.508 e. The number of phenolic OH excluding ortho intramolecular Hbond substituents is 1. The van der Waals surface area contributed by atoms with Crippen LogP contribution in [0.15, 0.2) is 24.3 Å². The standard InChI is InChI=1S/C12H19NO4S/c1-10(2)17-7-8-18(15,16)13-9-11-5-3-4-6-12(11)14/h3-6,10,13-14H,7-9H2,1-2H3. The molecule has 0 aliphatic heterocycles. The van der Waals surface area contributed by atoms with Crippen molar-refractivity contribution in [1.82, 2.24) is 4.72 Å². The number of sulfonamides is 1. The Kier molecular flexibility index (Phi) is 5.58. The smallest absolute Gasteiger partial charge is 0.214 e. The summed E-state index contributed by atoms with van der Waals surface area (Å²) in [6.45, 7) is 3.94. The summed E-state index contributed by atoms with van der Waals surface area (Å²) in [4.78, 5) is 0. The van der Waals surface area contributed by atoms with E-state index in [0.717, 1.165) is 0 Å². The van der Waals surface area contributed by atoms with Gasteiger partial charge in [0.05, 0.1) is 18.5 Å². The van der Waals surface area contributed by atoms with E-state index >= 15 is 0 Å². The zero-order chi connectivity index (χ0) is 13.6. The first kappa shape index (κ1) is 14.9. The van der Waals surface area contributed by atoms with Gasteiger partial charge >= 0.3 is 0 Å². The van der Waals surface area contributed by atoms with Crippen LogP contribution in [0, 0.1) is 0 Å². The molecule has 0 aliphatic carbocycles. The molecule has 0 atom stereocenters. The van der Waals surface area contributed by atoms with E-state index in [2.05, 4.69) is 4.72 Å². The number of hydrogen-bond acceptors (Lipinski definition) is 4. The van der Waals surface area contributed by atoms with Gasteiger partial charge in [0.25, 0.3) is 0 Å². The second-order valence-corrected chi connectivity index (χ2v) is 6.11. The van der Waals surface area contributed by atoms with Crippen molar-refractivity contribution in [2.45, 2.75) is 26.5 Å². The van der Waals surface area contributed by atoms with Gasteiger partial charge in [-0.3, -0.25) is 0 Å². The van der Waals surface area contributed by atoms with E-state index in [0.29, 0.717) is 5.56 Å². The minimum atomic E-state index is -3.38. The van der Waals surface area contributed by atoms with Gasteiger partial charge in [-0.25, -0.2) is 13.1 Å². The lowest BCUT2D eigenvalue weighted by Gasteiger charge is -2.10. The van der Waals surface area contributed by atoms with Gasteiger partial charge in [0.15, 0.2) is 0 Å². The molecule has 0 amide bonds. The maximum absolute atomic E-state index is 11.6. The van der Waals surface area contributed by atoms with Crippen molar-refractivity contribution in [3.63, 3.8) is 0 Å². The first-order valence-corrected chi connectivity index (χ1v) is 7.42. The molecular formula is C12H19NO4S. The van der Waals surface area contributed by atoms with Crippen LogP contribution in [0.1, 0.15) is 19.4 Å². The number of para-hydroxylation sites is 1. The maximum atomic E-state index is 11.6. The highest BCUT2D eigenvalue weighted by Crippen LogP contribution is 2.15. The number of aromatic hydroxyl groups is 1. The van der Waals surface area contributed by atoms with E-state index in [1.165, 1.54) is 6.07 Å². The number of nitrogens with one attached hydrogen (secondary N) is 1. The summed E-state index contributed by atoms with van der Waals surface area (Å²) >= 11 is 0. The third kappa shape index (κ3) is 5.48. The molecule has 0 aromatic heterocycles. The van der Waals surface area contributed by atoms with E-state index in [9.17, 15) is 13.5 Å². The van der Waals surface area contributed by atoms with E-state index in [1.54, 1.807) is 18.2 Å². The Morgan fingerprint density at radius 2 is 2.00 bits per heavy atom. The Balaban J connectivity index is 2.45. The Labute approximate surface area is 108 Å². The van der Waals surface area contributed by atoms with Crippen molar-refractivity contribution >= 4 is 10.0 Å². The topological polar surface area (TPSA) is 75.6 Å². The second-order valence-electron chi connectivity index (χ2n) is 4.19. The minimum absolute atomic E-state index is 0.0124. The third-order valence-electron chi connectivity index (χ3n) is 2.28. The van der Waals surface area contributed by atoms with Crippen molar-refractivity contribution in [2.75, 3.05) is 12.4 Å². The van der Waals surface area contributed by atoms with Crippen LogP contribution in [0.25, 0.3) is 0 Å². The molecule has 1 aromatic carbocycles. The van der Waals surface area contributed by atoms with E-state index in [1.807, 2.05) is 13.8 Å². The van der Waals surface area contributed by atoms with Gasteiger partial charge in [0.2, 0.25) is 10.0 Å². The lowest BCUT2D eigenvalue weighted by Crippen LogP contribution is -2.28. The normalized spacial score (nSPS) is 11.9. The van der Waals surface area contributed by atoms with Crippen LogP contribution in [0.2, 0.25) is 0 Å². The zero-order valence-electron chi connectivity index (χ0n) is 10.6. The molecule has 18 heavy (non-hydrogen) atoms. The Morgan fingerprint density at radius 3 is 2.61 bits per heavy atom. The van der Waals surface area contributed by atoms with E-state index < -0.39 is 10.0 Å². The molecule has 5 nitrogen and oxygen atoms in total. The number of ether oxygens (including phenoxy) is 1. The average Bonchev–Trinajstić information content (AvgIpc) is 2.27. The highest BCUT2D eigenvalue weighted by Gasteiger charge is 2.11. The molecular weight excluding hydrogens is 254 g/mol. The summed E-state index contributed by atoms with van der Waals surface area (Å²) in [6, 6.07) is 6.61. The zero-order valence-corrected chi connectivity index (χ0v) is 11.4. The Hall–Kier alpha value is -1.11. The fourth-order valence-corrected chi connectivity index (χ4v) is 2.15. The van der Waals surface area contributed by atoms with Gasteiger partial charge in [0.1, 0.15) is 5.75 Å². The molecule has 2 N–H and O–H groups in total. The monoisotopic (exact) mass is 273 g/mol. The third-order valence-corrected chi connectivity index (χ3v) is 3.57. The first-order valence-electron chi connectivity index (χ1n) is 5.76. The number of phenols is 1. The Bertz CT molecular complexity index is 471. The summed E-state index contributed by atoms with van der Waals surface area (Å²) < 4.78 is 30.9. The van der Waals surface area contributed by atoms with Gasteiger partial charge < -0.3 is 9.84 Å². The van der Waals surface area contributed by atoms with Crippen LogP contribution in [0.4, 0.5) is 0 Å². The molecule has 0 heterocycles. The predicted molar refractivity (Wildman–Crippen MR) is 69.8 cm³/mol. The van der Waals surface area contributed by atoms with Crippen molar-refractivity contribution in [3.05, 3.63) is 29.8 Å². The van der Waals surface area contributed by atoms with Crippen molar-refractivity contribution in [3.8, 4) is 5.75 Å².